The maximum atomic E-state index is 12.8. The van der Waals surface area contributed by atoms with E-state index < -0.39 is 97.3 Å². The maximum absolute atomic E-state index is 12.8. The van der Waals surface area contributed by atoms with Crippen molar-refractivity contribution in [3.8, 4) is 0 Å². The summed E-state index contributed by atoms with van der Waals surface area (Å²) in [6.45, 7) is 3.28. The molecular weight excluding hydrogens is 470 g/mol. The Balaban J connectivity index is 5.56. The standard InChI is InChI=1S/C20H33N5O10/c1-3-9(2)16(19(33)23-11(20(34)35)5-7-15(29)30)25-18(32)12(8-13(22)26)24-17(31)10(21)4-6-14(27)28/h9-12,16H,3-8,21H2,1-2H3,(H2,22,26)(H,23,33)(H,24,31)(H,25,32)(H,27,28)(H,29,30)(H,34,35). The van der Waals surface area contributed by atoms with Crippen LogP contribution in [0.3, 0.4) is 0 Å². The quantitative estimate of drug-likeness (QED) is 0.103. The van der Waals surface area contributed by atoms with E-state index in [9.17, 15) is 38.7 Å². The Kier molecular flexibility index (Phi) is 13.6. The van der Waals surface area contributed by atoms with E-state index in [1.807, 2.05) is 0 Å². The minimum atomic E-state index is -1.54. The van der Waals surface area contributed by atoms with E-state index in [0.717, 1.165) is 0 Å². The van der Waals surface area contributed by atoms with E-state index in [4.69, 9.17) is 21.7 Å². The number of carboxylic acid groups (broad SMARTS) is 3. The number of nitrogens with two attached hydrogens (primary N) is 2. The lowest BCUT2D eigenvalue weighted by molar-refractivity contribution is -0.144. The molecule has 10 N–H and O–H groups in total. The number of amides is 4. The molecule has 0 aromatic rings. The zero-order valence-corrected chi connectivity index (χ0v) is 19.5. The molecule has 0 aromatic heterocycles. The van der Waals surface area contributed by atoms with Crippen molar-refractivity contribution in [1.82, 2.24) is 16.0 Å². The summed E-state index contributed by atoms with van der Waals surface area (Å²) in [6, 6.07) is -5.67. The fourth-order valence-corrected chi connectivity index (χ4v) is 2.84. The number of hydrogen-bond donors (Lipinski definition) is 8. The third-order valence-electron chi connectivity index (χ3n) is 5.10. The first-order valence-corrected chi connectivity index (χ1v) is 10.8. The normalized spacial score (nSPS) is 14.9. The zero-order chi connectivity index (χ0) is 27.3. The highest BCUT2D eigenvalue weighted by Gasteiger charge is 2.33. The number of primary amides is 1. The maximum Gasteiger partial charge on any atom is 0.326 e. The molecule has 15 nitrogen and oxygen atoms in total. The molecule has 0 radical (unpaired) electrons. The summed E-state index contributed by atoms with van der Waals surface area (Å²) in [6.07, 6.45) is -1.87. The van der Waals surface area contributed by atoms with E-state index in [0.29, 0.717) is 6.42 Å². The van der Waals surface area contributed by atoms with Gasteiger partial charge in [0, 0.05) is 12.8 Å². The van der Waals surface area contributed by atoms with Crippen molar-refractivity contribution in [3.63, 3.8) is 0 Å². The van der Waals surface area contributed by atoms with Crippen molar-refractivity contribution in [2.75, 3.05) is 0 Å². The van der Waals surface area contributed by atoms with Gasteiger partial charge in [0.2, 0.25) is 23.6 Å². The van der Waals surface area contributed by atoms with Crippen LogP contribution in [0.1, 0.15) is 52.4 Å². The lowest BCUT2D eigenvalue weighted by Crippen LogP contribution is -2.59. The Morgan fingerprint density at radius 3 is 1.74 bits per heavy atom. The Morgan fingerprint density at radius 1 is 0.771 bits per heavy atom. The van der Waals surface area contributed by atoms with Gasteiger partial charge in [-0.15, -0.1) is 0 Å². The second-order valence-corrected chi connectivity index (χ2v) is 7.97. The third-order valence-corrected chi connectivity index (χ3v) is 5.10. The SMILES string of the molecule is CCC(C)C(NC(=O)C(CC(N)=O)NC(=O)C(N)CCC(=O)O)C(=O)NC(CCC(=O)O)C(=O)O. The molecule has 5 atom stereocenters. The van der Waals surface area contributed by atoms with Crippen molar-refractivity contribution in [2.24, 2.45) is 17.4 Å². The first kappa shape index (κ1) is 31.2. The number of carbonyl (C=O) groups excluding carboxylic acids is 4. The number of rotatable bonds is 17. The molecule has 0 aliphatic carbocycles. The predicted molar refractivity (Wildman–Crippen MR) is 118 cm³/mol. The van der Waals surface area contributed by atoms with Gasteiger partial charge in [-0.05, 0) is 18.8 Å². The number of carbonyl (C=O) groups is 7. The largest absolute Gasteiger partial charge is 0.481 e. The molecule has 5 unspecified atom stereocenters. The van der Waals surface area contributed by atoms with E-state index in [2.05, 4.69) is 16.0 Å². The molecule has 198 valence electrons. The highest BCUT2D eigenvalue weighted by atomic mass is 16.4. The molecule has 0 saturated carbocycles. The second-order valence-electron chi connectivity index (χ2n) is 7.97. The zero-order valence-electron chi connectivity index (χ0n) is 19.5. The highest BCUT2D eigenvalue weighted by molar-refractivity contribution is 5.96. The van der Waals surface area contributed by atoms with Crippen LogP contribution in [0, 0.1) is 5.92 Å². The Labute approximate surface area is 201 Å². The summed E-state index contributed by atoms with van der Waals surface area (Å²) in [4.78, 5) is 82.1. The minimum Gasteiger partial charge on any atom is -0.481 e. The van der Waals surface area contributed by atoms with Crippen molar-refractivity contribution >= 4 is 41.5 Å². The van der Waals surface area contributed by atoms with Crippen LogP contribution in [0.4, 0.5) is 0 Å². The van der Waals surface area contributed by atoms with Gasteiger partial charge in [-0.3, -0.25) is 28.8 Å². The van der Waals surface area contributed by atoms with Crippen LogP contribution in [0.5, 0.6) is 0 Å². The molecule has 0 saturated heterocycles. The lowest BCUT2D eigenvalue weighted by atomic mass is 9.97. The molecule has 0 rings (SSSR count). The summed E-state index contributed by atoms with van der Waals surface area (Å²) in [5.41, 5.74) is 10.8. The van der Waals surface area contributed by atoms with Gasteiger partial charge >= 0.3 is 17.9 Å². The van der Waals surface area contributed by atoms with E-state index in [1.165, 1.54) is 0 Å². The second kappa shape index (κ2) is 15.2. The number of hydrogen-bond acceptors (Lipinski definition) is 8. The molecule has 35 heavy (non-hydrogen) atoms. The molecule has 0 fully saturated rings. The van der Waals surface area contributed by atoms with Gasteiger partial charge < -0.3 is 42.7 Å². The highest BCUT2D eigenvalue weighted by Crippen LogP contribution is 2.10. The third kappa shape index (κ3) is 12.3. The van der Waals surface area contributed by atoms with Gasteiger partial charge in [-0.1, -0.05) is 20.3 Å². The van der Waals surface area contributed by atoms with Crippen LogP contribution < -0.4 is 27.4 Å². The van der Waals surface area contributed by atoms with Gasteiger partial charge in [-0.25, -0.2) is 4.79 Å². The monoisotopic (exact) mass is 503 g/mol. The molecule has 0 aliphatic rings. The lowest BCUT2D eigenvalue weighted by Gasteiger charge is -2.27. The molecule has 0 aliphatic heterocycles. The van der Waals surface area contributed by atoms with Gasteiger partial charge in [0.25, 0.3) is 0 Å². The fraction of sp³-hybridized carbons (Fsp3) is 0.650. The predicted octanol–water partition coefficient (Wildman–Crippen LogP) is -2.50. The van der Waals surface area contributed by atoms with Crippen LogP contribution in [-0.4, -0.2) is 81.0 Å². The van der Waals surface area contributed by atoms with Crippen LogP contribution in [0.25, 0.3) is 0 Å². The van der Waals surface area contributed by atoms with Crippen molar-refractivity contribution in [2.45, 2.75) is 76.5 Å². The molecule has 15 heteroatoms. The average Bonchev–Trinajstić information content (AvgIpc) is 2.76. The van der Waals surface area contributed by atoms with Crippen LogP contribution in [0.2, 0.25) is 0 Å². The molecule has 4 amide bonds. The van der Waals surface area contributed by atoms with Gasteiger partial charge in [-0.2, -0.15) is 0 Å². The Hall–Kier alpha value is -3.75. The van der Waals surface area contributed by atoms with Gasteiger partial charge in [0.05, 0.1) is 12.5 Å². The van der Waals surface area contributed by atoms with Crippen molar-refractivity contribution in [1.29, 1.82) is 0 Å². The Bertz CT molecular complexity index is 818. The fourth-order valence-electron chi connectivity index (χ4n) is 2.84. The van der Waals surface area contributed by atoms with Gasteiger partial charge in [0.15, 0.2) is 0 Å². The number of aliphatic carboxylic acids is 3. The molecule has 0 spiro atoms. The van der Waals surface area contributed by atoms with E-state index in [1.54, 1.807) is 13.8 Å². The van der Waals surface area contributed by atoms with Gasteiger partial charge in [0.1, 0.15) is 18.1 Å². The summed E-state index contributed by atoms with van der Waals surface area (Å²) in [5, 5.41) is 33.5. The van der Waals surface area contributed by atoms with Crippen LogP contribution in [-0.2, 0) is 33.6 Å². The molecular formula is C20H33N5O10. The van der Waals surface area contributed by atoms with E-state index in [-0.39, 0.29) is 6.42 Å². The smallest absolute Gasteiger partial charge is 0.326 e. The summed E-state index contributed by atoms with van der Waals surface area (Å²) >= 11 is 0. The average molecular weight is 504 g/mol. The number of carboxylic acids is 3. The van der Waals surface area contributed by atoms with Crippen molar-refractivity contribution in [3.05, 3.63) is 0 Å². The Morgan fingerprint density at radius 2 is 1.29 bits per heavy atom. The molecule has 0 aromatic carbocycles. The molecule has 0 heterocycles. The van der Waals surface area contributed by atoms with Crippen LogP contribution in [0.15, 0.2) is 0 Å². The summed E-state index contributed by atoms with van der Waals surface area (Å²) in [7, 11) is 0. The molecule has 0 bridgehead atoms. The van der Waals surface area contributed by atoms with Crippen LogP contribution >= 0.6 is 0 Å². The topological polar surface area (TPSA) is 268 Å². The van der Waals surface area contributed by atoms with Crippen molar-refractivity contribution < 1.29 is 48.9 Å². The minimum absolute atomic E-state index is 0.239. The number of nitrogens with one attached hydrogen (secondary N) is 3. The first-order valence-electron chi connectivity index (χ1n) is 10.8. The van der Waals surface area contributed by atoms with E-state index >= 15 is 0 Å². The summed E-state index contributed by atoms with van der Waals surface area (Å²) in [5.74, 6) is -8.23. The summed E-state index contributed by atoms with van der Waals surface area (Å²) < 4.78 is 0. The first-order chi connectivity index (χ1) is 16.2.